The molecule has 0 saturated heterocycles. The lowest BCUT2D eigenvalue weighted by atomic mass is 9.68. The first-order valence-electron chi connectivity index (χ1n) is 5.94. The molecule has 0 unspecified atom stereocenters. The third-order valence-corrected chi connectivity index (χ3v) is 3.59. The number of anilines is 1. The Balaban J connectivity index is 2.14. The molecule has 0 aromatic heterocycles. The van der Waals surface area contributed by atoms with Crippen molar-refractivity contribution in [1.82, 2.24) is 0 Å². The van der Waals surface area contributed by atoms with Gasteiger partial charge in [-0.15, -0.1) is 0 Å². The predicted octanol–water partition coefficient (Wildman–Crippen LogP) is 1.80. The first kappa shape index (κ1) is 13.4. The molecule has 0 bridgehead atoms. The van der Waals surface area contributed by atoms with Gasteiger partial charge in [-0.3, -0.25) is 14.9 Å². The van der Waals surface area contributed by atoms with Gasteiger partial charge in [-0.2, -0.15) is 4.39 Å². The van der Waals surface area contributed by atoms with Gasteiger partial charge in [0.2, 0.25) is 11.7 Å². The van der Waals surface area contributed by atoms with Crippen LogP contribution >= 0.6 is 0 Å². The SMILES string of the molecule is NCC1(C(=O)Nc2ccc([N+](=O)[O-])c(F)c2)CCC1. The molecule has 0 heterocycles. The first-order chi connectivity index (χ1) is 8.98. The Bertz CT molecular complexity index is 523. The monoisotopic (exact) mass is 267 g/mol. The van der Waals surface area contributed by atoms with Gasteiger partial charge in [0, 0.05) is 24.4 Å². The Morgan fingerprint density at radius 3 is 2.63 bits per heavy atom. The van der Waals surface area contributed by atoms with Crippen molar-refractivity contribution in [3.63, 3.8) is 0 Å². The summed E-state index contributed by atoms with van der Waals surface area (Å²) in [4.78, 5) is 21.7. The van der Waals surface area contributed by atoms with Gasteiger partial charge >= 0.3 is 5.69 Å². The van der Waals surface area contributed by atoms with Crippen LogP contribution in [0.15, 0.2) is 18.2 Å². The van der Waals surface area contributed by atoms with E-state index in [1.165, 1.54) is 6.07 Å². The number of carbonyl (C=O) groups excluding carboxylic acids is 1. The molecule has 0 radical (unpaired) electrons. The lowest BCUT2D eigenvalue weighted by Gasteiger charge is -2.39. The number of nitro groups is 1. The van der Waals surface area contributed by atoms with E-state index < -0.39 is 21.8 Å². The van der Waals surface area contributed by atoms with Gasteiger partial charge in [0.05, 0.1) is 10.3 Å². The Morgan fingerprint density at radius 1 is 1.53 bits per heavy atom. The average molecular weight is 267 g/mol. The minimum atomic E-state index is -0.974. The highest BCUT2D eigenvalue weighted by Crippen LogP contribution is 2.40. The molecule has 1 aromatic rings. The Hall–Kier alpha value is -2.02. The molecule has 1 aliphatic carbocycles. The number of nitrogens with two attached hydrogens (primary N) is 1. The fraction of sp³-hybridized carbons (Fsp3) is 0.417. The van der Waals surface area contributed by atoms with Crippen molar-refractivity contribution in [1.29, 1.82) is 0 Å². The van der Waals surface area contributed by atoms with Gasteiger partial charge in [0.25, 0.3) is 0 Å². The zero-order valence-corrected chi connectivity index (χ0v) is 10.2. The van der Waals surface area contributed by atoms with Gasteiger partial charge < -0.3 is 11.1 Å². The second-order valence-electron chi connectivity index (χ2n) is 4.72. The van der Waals surface area contributed by atoms with Crippen LogP contribution in [0.2, 0.25) is 0 Å². The van der Waals surface area contributed by atoms with Gasteiger partial charge in [-0.1, -0.05) is 6.42 Å². The van der Waals surface area contributed by atoms with E-state index in [0.29, 0.717) is 12.8 Å². The van der Waals surface area contributed by atoms with Crippen LogP contribution in [0.5, 0.6) is 0 Å². The average Bonchev–Trinajstić information content (AvgIpc) is 2.27. The van der Waals surface area contributed by atoms with E-state index in [9.17, 15) is 19.3 Å². The summed E-state index contributed by atoms with van der Waals surface area (Å²) >= 11 is 0. The van der Waals surface area contributed by atoms with Crippen molar-refractivity contribution in [2.45, 2.75) is 19.3 Å². The number of amides is 1. The summed E-state index contributed by atoms with van der Waals surface area (Å²) < 4.78 is 13.4. The number of nitrogens with zero attached hydrogens (tertiary/aromatic N) is 1. The van der Waals surface area contributed by atoms with Crippen molar-refractivity contribution >= 4 is 17.3 Å². The lowest BCUT2D eigenvalue weighted by molar-refractivity contribution is -0.387. The number of hydrogen-bond donors (Lipinski definition) is 2. The molecule has 102 valence electrons. The van der Waals surface area contributed by atoms with Gasteiger partial charge in [0.1, 0.15) is 0 Å². The molecule has 6 nitrogen and oxygen atoms in total. The van der Waals surface area contributed by atoms with Crippen LogP contribution in [0.25, 0.3) is 0 Å². The zero-order valence-electron chi connectivity index (χ0n) is 10.2. The summed E-state index contributed by atoms with van der Waals surface area (Å²) in [7, 11) is 0. The molecule has 3 N–H and O–H groups in total. The minimum Gasteiger partial charge on any atom is -0.329 e. The summed E-state index contributed by atoms with van der Waals surface area (Å²) in [5.74, 6) is -1.23. The van der Waals surface area contributed by atoms with E-state index >= 15 is 0 Å². The van der Waals surface area contributed by atoms with Crippen LogP contribution < -0.4 is 11.1 Å². The van der Waals surface area contributed by atoms with Crippen LogP contribution in [-0.4, -0.2) is 17.4 Å². The van der Waals surface area contributed by atoms with Crippen molar-refractivity contribution in [2.24, 2.45) is 11.1 Å². The van der Waals surface area contributed by atoms with E-state index in [1.807, 2.05) is 0 Å². The number of benzene rings is 1. The molecule has 0 spiro atoms. The molecule has 1 saturated carbocycles. The van der Waals surface area contributed by atoms with E-state index in [1.54, 1.807) is 0 Å². The molecule has 2 rings (SSSR count). The Labute approximate surface area is 108 Å². The smallest absolute Gasteiger partial charge is 0.304 e. The number of nitrogens with one attached hydrogen (secondary N) is 1. The summed E-state index contributed by atoms with van der Waals surface area (Å²) in [6.07, 6.45) is 2.37. The first-order valence-corrected chi connectivity index (χ1v) is 5.94. The van der Waals surface area contributed by atoms with Crippen molar-refractivity contribution in [2.75, 3.05) is 11.9 Å². The number of carbonyl (C=O) groups is 1. The van der Waals surface area contributed by atoms with Crippen LogP contribution in [-0.2, 0) is 4.79 Å². The summed E-state index contributed by atoms with van der Waals surface area (Å²) in [5.41, 5.74) is 4.61. The molecule has 0 atom stereocenters. The highest BCUT2D eigenvalue weighted by molar-refractivity contribution is 5.96. The highest BCUT2D eigenvalue weighted by Gasteiger charge is 2.42. The van der Waals surface area contributed by atoms with E-state index in [4.69, 9.17) is 5.73 Å². The molecule has 0 aliphatic heterocycles. The van der Waals surface area contributed by atoms with E-state index in [-0.39, 0.29) is 18.1 Å². The second kappa shape index (κ2) is 4.93. The minimum absolute atomic E-state index is 0.202. The summed E-state index contributed by atoms with van der Waals surface area (Å²) in [6, 6.07) is 3.28. The Kier molecular flexibility index (Phi) is 3.48. The van der Waals surface area contributed by atoms with Gasteiger partial charge in [0.15, 0.2) is 0 Å². The Morgan fingerprint density at radius 2 is 2.21 bits per heavy atom. The fourth-order valence-electron chi connectivity index (χ4n) is 2.12. The maximum Gasteiger partial charge on any atom is 0.304 e. The van der Waals surface area contributed by atoms with Crippen LogP contribution in [0.3, 0.4) is 0 Å². The van der Waals surface area contributed by atoms with Gasteiger partial charge in [-0.05, 0) is 18.9 Å². The lowest BCUT2D eigenvalue weighted by Crippen LogP contribution is -2.47. The molecule has 7 heteroatoms. The molecule has 1 fully saturated rings. The van der Waals surface area contributed by atoms with Crippen LogP contribution in [0.1, 0.15) is 19.3 Å². The maximum atomic E-state index is 13.4. The number of halogens is 1. The van der Waals surface area contributed by atoms with Crippen LogP contribution in [0, 0.1) is 21.3 Å². The van der Waals surface area contributed by atoms with E-state index in [2.05, 4.69) is 5.32 Å². The molecule has 1 aromatic carbocycles. The normalized spacial score (nSPS) is 16.5. The zero-order chi connectivity index (χ0) is 14.0. The standard InChI is InChI=1S/C12H14FN3O3/c13-9-6-8(2-3-10(9)16(18)19)15-11(17)12(7-14)4-1-5-12/h2-3,6H,1,4-5,7,14H2,(H,15,17). The second-order valence-corrected chi connectivity index (χ2v) is 4.72. The summed E-state index contributed by atoms with van der Waals surface area (Å²) in [6.45, 7) is 0.244. The molecular weight excluding hydrogens is 253 g/mol. The molecule has 1 aliphatic rings. The molecule has 1 amide bonds. The number of hydrogen-bond acceptors (Lipinski definition) is 4. The van der Waals surface area contributed by atoms with Crippen molar-refractivity contribution < 1.29 is 14.1 Å². The third-order valence-electron chi connectivity index (χ3n) is 3.59. The number of rotatable bonds is 4. The van der Waals surface area contributed by atoms with Gasteiger partial charge in [-0.25, -0.2) is 0 Å². The molecular formula is C12H14FN3O3. The highest BCUT2D eigenvalue weighted by atomic mass is 19.1. The predicted molar refractivity (Wildman–Crippen MR) is 67.0 cm³/mol. The van der Waals surface area contributed by atoms with E-state index in [0.717, 1.165) is 18.6 Å². The van der Waals surface area contributed by atoms with Crippen molar-refractivity contribution in [3.8, 4) is 0 Å². The summed E-state index contributed by atoms with van der Waals surface area (Å²) in [5, 5.41) is 13.0. The largest absolute Gasteiger partial charge is 0.329 e. The molecule has 19 heavy (non-hydrogen) atoms. The quantitative estimate of drug-likeness (QED) is 0.642. The third kappa shape index (κ3) is 2.41. The number of nitro benzene ring substituents is 1. The fourth-order valence-corrected chi connectivity index (χ4v) is 2.12. The maximum absolute atomic E-state index is 13.4. The van der Waals surface area contributed by atoms with Crippen molar-refractivity contribution in [3.05, 3.63) is 34.1 Å². The topological polar surface area (TPSA) is 98.3 Å². The van der Waals surface area contributed by atoms with Crippen LogP contribution in [0.4, 0.5) is 15.8 Å².